The number of hydrogen-bond acceptors (Lipinski definition) is 26. The number of carbonyl (C=O) groups excluding carboxylic acids is 8. The van der Waals surface area contributed by atoms with Crippen LogP contribution in [-0.4, -0.2) is 311 Å². The summed E-state index contributed by atoms with van der Waals surface area (Å²) in [6.07, 6.45) is 2.16. The van der Waals surface area contributed by atoms with Gasteiger partial charge < -0.3 is 113 Å². The first-order valence-corrected chi connectivity index (χ1v) is 34.1. The summed E-state index contributed by atoms with van der Waals surface area (Å²) in [5.74, 6) is -13.4. The van der Waals surface area contributed by atoms with Gasteiger partial charge in [0.05, 0.1) is 97.4 Å². The highest BCUT2D eigenvalue weighted by molar-refractivity contribution is 6.06. The van der Waals surface area contributed by atoms with E-state index in [9.17, 15) is 79.2 Å². The molecule has 8 bridgehead atoms. The molecule has 1 unspecified atom stereocenters. The molecule has 4 aromatic rings. The Labute approximate surface area is 591 Å². The SMILES string of the molecule is CCCOCCOCCN1CCNC(=O)c2ccc(c(O)c2O)C(=O)NCCN(CCN2CCNC(=O)c3ccc(c(O)c3O)C(=O)NCCN(CCOCCOCCOC)CCNC(=O)c3ccc(c(O)c3O)C(=O)NC(CCCCN)C2)CCNC(=O)c2ccc(c(O)c2O)C(=O)NCC1. The van der Waals surface area contributed by atoms with Gasteiger partial charge in [-0.05, 0) is 74.3 Å². The third-order valence-electron chi connectivity index (χ3n) is 16.7. The minimum absolute atomic E-state index is 0.000192. The maximum Gasteiger partial charge on any atom is 0.255 e. The van der Waals surface area contributed by atoms with E-state index in [1.165, 1.54) is 48.5 Å². The highest BCUT2D eigenvalue weighted by Gasteiger charge is 2.28. The Hall–Kier alpha value is -9.36. The molecule has 8 aliphatic rings. The molecule has 8 aliphatic heterocycles. The fourth-order valence-corrected chi connectivity index (χ4v) is 11.0. The first-order valence-electron chi connectivity index (χ1n) is 34.1. The maximum atomic E-state index is 14.3. The lowest BCUT2D eigenvalue weighted by atomic mass is 10.0. The molecule has 12 rings (SSSR count). The Bertz CT molecular complexity index is 3340. The predicted molar refractivity (Wildman–Crippen MR) is 371 cm³/mol. The number of phenolic OH excluding ortho intramolecular Hbond substituents is 8. The summed E-state index contributed by atoms with van der Waals surface area (Å²) in [5.41, 5.74) is 3.08. The van der Waals surface area contributed by atoms with Crippen molar-refractivity contribution in [2.24, 2.45) is 5.73 Å². The molecule has 562 valence electrons. The van der Waals surface area contributed by atoms with E-state index in [-0.39, 0.29) is 176 Å². The van der Waals surface area contributed by atoms with Gasteiger partial charge in [-0.2, -0.15) is 0 Å². The summed E-state index contributed by atoms with van der Waals surface area (Å²) >= 11 is 0. The van der Waals surface area contributed by atoms with Crippen LogP contribution in [0.25, 0.3) is 0 Å². The van der Waals surface area contributed by atoms with Gasteiger partial charge >= 0.3 is 0 Å². The van der Waals surface area contributed by atoms with Crippen LogP contribution in [0.1, 0.15) is 115 Å². The summed E-state index contributed by atoms with van der Waals surface area (Å²) < 4.78 is 27.3. The monoisotopic (exact) mass is 1430 g/mol. The first-order chi connectivity index (χ1) is 49.2. The molecule has 34 heteroatoms. The van der Waals surface area contributed by atoms with Crippen LogP contribution in [0.15, 0.2) is 48.5 Å². The van der Waals surface area contributed by atoms with Crippen LogP contribution < -0.4 is 48.3 Å². The number of benzene rings is 4. The lowest BCUT2D eigenvalue weighted by molar-refractivity contribution is 0.0196. The molecule has 0 saturated heterocycles. The molecule has 0 fully saturated rings. The number of nitrogens with zero attached hydrogens (tertiary/aromatic N) is 4. The van der Waals surface area contributed by atoms with Gasteiger partial charge in [-0.25, -0.2) is 0 Å². The largest absolute Gasteiger partial charge is 0.504 e. The number of methoxy groups -OCH3 is 1. The molecule has 102 heavy (non-hydrogen) atoms. The van der Waals surface area contributed by atoms with Crippen molar-refractivity contribution in [3.05, 3.63) is 93.0 Å². The molecule has 0 radical (unpaired) electrons. The Kier molecular flexibility index (Phi) is 34.8. The van der Waals surface area contributed by atoms with Crippen molar-refractivity contribution in [2.75, 3.05) is 197 Å². The second-order valence-electron chi connectivity index (χ2n) is 23.9. The molecule has 0 aliphatic carbocycles. The van der Waals surface area contributed by atoms with Crippen molar-refractivity contribution in [1.29, 1.82) is 0 Å². The standard InChI is InChI=1S/C68H99N13O21/c1-3-34-99-39-40-100-35-32-79-25-18-72-63(92)47-9-7-45(53(82)55(47)84)61(90)70-16-23-78(24-17-71-62(91)46-8-10-48(56(85)54(46)83)64(93)73-19-26-79)30-31-81-29-22-76-67(96)50-12-11-49(57(86)58(50)87)65(94)74-20-27-80(33-36-101-41-42-102-38-37-98-2)28-21-75-66(95)51-13-14-52(60(89)59(51)88)68(97)77-44(43-81)6-4-5-15-69/h7-14,44,82-89H,3-6,15-43,69H2,1-2H3,(H,70,90)(H,71,91)(H,72,92)(H,73,93)(H,74,94)(H,75,95)(H,76,96)(H,77,97). The number of carbonyl (C=O) groups is 8. The van der Waals surface area contributed by atoms with Gasteiger partial charge in [-0.3, -0.25) is 58.0 Å². The molecular formula is C68H99N13O21. The normalized spacial score (nSPS) is 17.3. The summed E-state index contributed by atoms with van der Waals surface area (Å²) in [5, 5.41) is 111. The number of hydrogen-bond donors (Lipinski definition) is 17. The average Bonchev–Trinajstić information content (AvgIpc) is 0.834. The van der Waals surface area contributed by atoms with Crippen LogP contribution in [0, 0.1) is 0 Å². The molecule has 8 heterocycles. The predicted octanol–water partition coefficient (Wildman–Crippen LogP) is -0.874. The van der Waals surface area contributed by atoms with E-state index in [2.05, 4.69) is 42.5 Å². The van der Waals surface area contributed by atoms with Crippen LogP contribution >= 0.6 is 0 Å². The van der Waals surface area contributed by atoms with E-state index in [0.29, 0.717) is 78.5 Å². The van der Waals surface area contributed by atoms with E-state index < -0.39 is 99.3 Å². The van der Waals surface area contributed by atoms with Gasteiger partial charge in [-0.1, -0.05) is 13.3 Å². The van der Waals surface area contributed by atoms with Gasteiger partial charge in [0.1, 0.15) is 0 Å². The number of ether oxygens (including phenoxy) is 5. The fourth-order valence-electron chi connectivity index (χ4n) is 11.0. The van der Waals surface area contributed by atoms with Crippen molar-refractivity contribution in [3.63, 3.8) is 0 Å². The lowest BCUT2D eigenvalue weighted by Gasteiger charge is -2.31. The van der Waals surface area contributed by atoms with E-state index in [0.717, 1.165) is 6.42 Å². The average molecular weight is 1430 g/mol. The highest BCUT2D eigenvalue weighted by Crippen LogP contribution is 2.36. The van der Waals surface area contributed by atoms with Gasteiger partial charge in [0, 0.05) is 144 Å². The summed E-state index contributed by atoms with van der Waals surface area (Å²) in [6, 6.07) is 8.66. The van der Waals surface area contributed by atoms with E-state index in [1.54, 1.807) is 12.0 Å². The molecule has 1 atom stereocenters. The van der Waals surface area contributed by atoms with Gasteiger partial charge in [0.25, 0.3) is 47.3 Å². The summed E-state index contributed by atoms with van der Waals surface area (Å²) in [4.78, 5) is 117. The molecule has 18 N–H and O–H groups in total. The second-order valence-corrected chi connectivity index (χ2v) is 23.9. The zero-order valence-corrected chi connectivity index (χ0v) is 57.8. The number of rotatable bonds is 24. The van der Waals surface area contributed by atoms with Crippen LogP contribution in [0.4, 0.5) is 0 Å². The topological polar surface area (TPSA) is 480 Å². The van der Waals surface area contributed by atoms with Crippen molar-refractivity contribution in [3.8, 4) is 46.0 Å². The molecule has 4 aromatic carbocycles. The van der Waals surface area contributed by atoms with E-state index in [4.69, 9.17) is 29.4 Å². The smallest absolute Gasteiger partial charge is 0.255 e. The number of unbranched alkanes of at least 4 members (excludes halogenated alkanes) is 1. The highest BCUT2D eigenvalue weighted by atomic mass is 16.5. The fraction of sp³-hybridized carbons (Fsp3) is 0.529. The third-order valence-corrected chi connectivity index (χ3v) is 16.7. The molecule has 0 spiro atoms. The van der Waals surface area contributed by atoms with Crippen LogP contribution in [-0.2, 0) is 23.7 Å². The number of nitrogens with one attached hydrogen (secondary N) is 8. The van der Waals surface area contributed by atoms with Gasteiger partial charge in [0.15, 0.2) is 46.0 Å². The minimum Gasteiger partial charge on any atom is -0.504 e. The zero-order chi connectivity index (χ0) is 73.9. The molecule has 8 amide bonds. The quantitative estimate of drug-likeness (QED) is 0.0299. The Morgan fingerprint density at radius 1 is 0.353 bits per heavy atom. The molecule has 34 nitrogen and oxygen atoms in total. The van der Waals surface area contributed by atoms with Crippen molar-refractivity contribution in [2.45, 2.75) is 38.6 Å². The zero-order valence-electron chi connectivity index (χ0n) is 57.8. The Morgan fingerprint density at radius 3 is 0.902 bits per heavy atom. The van der Waals surface area contributed by atoms with E-state index >= 15 is 0 Å². The number of aromatic hydroxyl groups is 8. The van der Waals surface area contributed by atoms with Gasteiger partial charge in [-0.15, -0.1) is 0 Å². The second kappa shape index (κ2) is 43.4. The van der Waals surface area contributed by atoms with Crippen molar-refractivity contribution < 1.29 is 103 Å². The summed E-state index contributed by atoms with van der Waals surface area (Å²) in [7, 11) is 1.56. The van der Waals surface area contributed by atoms with Crippen LogP contribution in [0.2, 0.25) is 0 Å². The van der Waals surface area contributed by atoms with Crippen molar-refractivity contribution in [1.82, 2.24) is 62.1 Å². The molecular weight excluding hydrogens is 1330 g/mol. The Morgan fingerprint density at radius 2 is 0.608 bits per heavy atom. The number of phenols is 8. The Balaban J connectivity index is 1.25. The van der Waals surface area contributed by atoms with E-state index in [1.807, 2.05) is 21.6 Å². The minimum atomic E-state index is -0.877. The van der Waals surface area contributed by atoms with Crippen molar-refractivity contribution >= 4 is 47.3 Å². The van der Waals surface area contributed by atoms with Gasteiger partial charge in [0.2, 0.25) is 0 Å². The summed E-state index contributed by atoms with van der Waals surface area (Å²) in [6.45, 7) is 6.86. The number of amides is 8. The van der Waals surface area contributed by atoms with Crippen LogP contribution in [0.3, 0.4) is 0 Å². The number of nitrogens with two attached hydrogens (primary N) is 1. The van der Waals surface area contributed by atoms with Crippen LogP contribution in [0.5, 0.6) is 46.0 Å². The lowest BCUT2D eigenvalue weighted by Crippen LogP contribution is -2.49. The first kappa shape index (κ1) is 81.6. The maximum absolute atomic E-state index is 14.3. The molecule has 0 saturated carbocycles. The molecule has 0 aromatic heterocycles. The third kappa shape index (κ3) is 25.3.